The van der Waals surface area contributed by atoms with Crippen molar-refractivity contribution in [3.05, 3.63) is 71.8 Å². The molecule has 0 radical (unpaired) electrons. The van der Waals surface area contributed by atoms with Gasteiger partial charge in [0.15, 0.2) is 0 Å². The maximum atomic E-state index is 12.5. The zero-order chi connectivity index (χ0) is 25.1. The molecule has 2 aliphatic rings. The highest BCUT2D eigenvalue weighted by molar-refractivity contribution is 5.83. The van der Waals surface area contributed by atoms with Crippen molar-refractivity contribution in [3.63, 3.8) is 0 Å². The van der Waals surface area contributed by atoms with Crippen molar-refractivity contribution in [2.75, 3.05) is 19.7 Å². The van der Waals surface area contributed by atoms with Crippen molar-refractivity contribution in [2.24, 2.45) is 5.73 Å². The summed E-state index contributed by atoms with van der Waals surface area (Å²) in [6.45, 7) is 4.59. The fourth-order valence-electron chi connectivity index (χ4n) is 3.95. The Morgan fingerprint density at radius 2 is 1.50 bits per heavy atom. The van der Waals surface area contributed by atoms with Gasteiger partial charge in [0, 0.05) is 39.0 Å². The summed E-state index contributed by atoms with van der Waals surface area (Å²) in [6.07, 6.45) is 1.02. The third-order valence-corrected chi connectivity index (χ3v) is 5.38. The maximum absolute atomic E-state index is 12.5. The summed E-state index contributed by atoms with van der Waals surface area (Å²) in [7, 11) is 0. The molecule has 9 heteroatoms. The molecule has 0 aliphatic carbocycles. The Morgan fingerprint density at radius 3 is 2.06 bits per heavy atom. The first-order valence-corrected chi connectivity index (χ1v) is 11.1. The van der Waals surface area contributed by atoms with E-state index in [9.17, 15) is 4.79 Å². The fourth-order valence-corrected chi connectivity index (χ4v) is 3.95. The number of amides is 1. The molecule has 4 atom stereocenters. The second kappa shape index (κ2) is 13.4. The lowest BCUT2D eigenvalue weighted by atomic mass is 10.1. The Balaban J connectivity index is 0.000000446. The number of carbonyl (C=O) groups is 3. The lowest BCUT2D eigenvalue weighted by Crippen LogP contribution is -2.44. The van der Waals surface area contributed by atoms with Crippen molar-refractivity contribution in [2.45, 2.75) is 44.5 Å². The van der Waals surface area contributed by atoms with E-state index in [-0.39, 0.29) is 18.1 Å². The highest BCUT2D eigenvalue weighted by atomic mass is 16.5. The van der Waals surface area contributed by atoms with Gasteiger partial charge in [-0.3, -0.25) is 19.3 Å². The molecule has 2 fully saturated rings. The monoisotopic (exact) mass is 471 g/mol. The first kappa shape index (κ1) is 27.0. The van der Waals surface area contributed by atoms with E-state index < -0.39 is 18.0 Å². The number of nitrogens with one attached hydrogen (secondary N) is 1. The molecular weight excluding hydrogens is 438 g/mol. The Kier molecular flexibility index (Phi) is 10.7. The summed E-state index contributed by atoms with van der Waals surface area (Å²) in [6, 6.07) is 19.7. The molecule has 2 aromatic rings. The lowest BCUT2D eigenvalue weighted by molar-refractivity contribution is -0.135. The summed E-state index contributed by atoms with van der Waals surface area (Å²) in [5, 5.41) is 18.0. The van der Waals surface area contributed by atoms with Crippen LogP contribution in [0.4, 0.5) is 0 Å². The van der Waals surface area contributed by atoms with Crippen LogP contribution in [0.2, 0.25) is 0 Å². The quantitative estimate of drug-likeness (QED) is 0.532. The molecule has 0 bridgehead atoms. The van der Waals surface area contributed by atoms with E-state index in [4.69, 9.17) is 30.3 Å². The van der Waals surface area contributed by atoms with Crippen LogP contribution in [-0.4, -0.2) is 64.7 Å². The maximum Gasteiger partial charge on any atom is 0.300 e. The molecule has 0 unspecified atom stereocenters. The van der Waals surface area contributed by atoms with E-state index in [1.54, 1.807) is 0 Å². The smallest absolute Gasteiger partial charge is 0.300 e. The largest absolute Gasteiger partial charge is 0.481 e. The minimum absolute atomic E-state index is 0.105. The summed E-state index contributed by atoms with van der Waals surface area (Å²) >= 11 is 0. The van der Waals surface area contributed by atoms with Crippen molar-refractivity contribution in [1.82, 2.24) is 10.2 Å². The molecule has 2 aliphatic heterocycles. The number of hydrogen-bond donors (Lipinski definition) is 4. The molecule has 2 heterocycles. The predicted molar refractivity (Wildman–Crippen MR) is 127 cm³/mol. The summed E-state index contributed by atoms with van der Waals surface area (Å²) in [4.78, 5) is 32.9. The molecule has 184 valence electrons. The van der Waals surface area contributed by atoms with Gasteiger partial charge in [0.2, 0.25) is 5.91 Å². The van der Waals surface area contributed by atoms with E-state index >= 15 is 0 Å². The van der Waals surface area contributed by atoms with Crippen LogP contribution < -0.4 is 11.1 Å². The molecule has 0 aromatic heterocycles. The normalized spacial score (nSPS) is 22.0. The van der Waals surface area contributed by atoms with E-state index in [1.165, 1.54) is 5.56 Å². The SMILES string of the molecule is CC(=O)O.CC(=O)O.N[C@H](C(=O)N[C@@H]1C[C@H]2CO[C@@H](c3ccccc3)CN2C1)c1ccccc1. The Hall–Kier alpha value is -3.27. The zero-order valence-corrected chi connectivity index (χ0v) is 19.5. The molecule has 2 aromatic carbocycles. The summed E-state index contributed by atoms with van der Waals surface area (Å²) < 4.78 is 6.07. The first-order valence-electron chi connectivity index (χ1n) is 11.1. The van der Waals surface area contributed by atoms with Gasteiger partial charge < -0.3 is 26.0 Å². The number of aliphatic carboxylic acids is 2. The standard InChI is InChI=1S/C21H25N3O2.2C2H4O2/c22-20(16-9-5-2-6-10-16)21(25)23-17-11-18-14-26-19(13-24(18)12-17)15-7-3-1-4-8-15;2*1-2(3)4/h1-10,17-20H,11-14,22H2,(H,23,25);2*1H3,(H,3,4)/t17-,18+,19-,20+;;/m1../s1. The van der Waals surface area contributed by atoms with Crippen LogP contribution in [0.1, 0.15) is 43.5 Å². The highest BCUT2D eigenvalue weighted by Gasteiger charge is 2.38. The molecule has 0 saturated carbocycles. The van der Waals surface area contributed by atoms with Crippen LogP contribution in [0, 0.1) is 0 Å². The number of carbonyl (C=O) groups excluding carboxylic acids is 1. The molecule has 5 N–H and O–H groups in total. The average Bonchev–Trinajstić information content (AvgIpc) is 3.20. The van der Waals surface area contributed by atoms with Crippen LogP contribution in [0.3, 0.4) is 0 Å². The van der Waals surface area contributed by atoms with E-state index in [2.05, 4.69) is 22.3 Å². The van der Waals surface area contributed by atoms with E-state index in [0.29, 0.717) is 12.6 Å². The number of nitrogens with zero attached hydrogens (tertiary/aromatic N) is 1. The third-order valence-electron chi connectivity index (χ3n) is 5.38. The minimum Gasteiger partial charge on any atom is -0.481 e. The summed E-state index contributed by atoms with van der Waals surface area (Å²) in [5.41, 5.74) is 8.16. The van der Waals surface area contributed by atoms with Crippen LogP contribution >= 0.6 is 0 Å². The lowest BCUT2D eigenvalue weighted by Gasteiger charge is -2.35. The number of hydrogen-bond acceptors (Lipinski definition) is 6. The van der Waals surface area contributed by atoms with Crippen molar-refractivity contribution in [3.8, 4) is 0 Å². The zero-order valence-electron chi connectivity index (χ0n) is 19.5. The topological polar surface area (TPSA) is 142 Å². The number of ether oxygens (including phenoxy) is 1. The van der Waals surface area contributed by atoms with E-state index in [1.807, 2.05) is 48.5 Å². The Labute approximate surface area is 199 Å². The van der Waals surface area contributed by atoms with E-state index in [0.717, 1.165) is 38.9 Å². The van der Waals surface area contributed by atoms with Gasteiger partial charge in [-0.25, -0.2) is 0 Å². The van der Waals surface area contributed by atoms with Gasteiger partial charge in [-0.1, -0.05) is 60.7 Å². The van der Waals surface area contributed by atoms with Crippen LogP contribution in [0.15, 0.2) is 60.7 Å². The molecule has 0 spiro atoms. The van der Waals surface area contributed by atoms with Crippen molar-refractivity contribution < 1.29 is 29.3 Å². The van der Waals surface area contributed by atoms with Crippen LogP contribution in [-0.2, 0) is 19.1 Å². The van der Waals surface area contributed by atoms with Crippen molar-refractivity contribution in [1.29, 1.82) is 0 Å². The average molecular weight is 472 g/mol. The van der Waals surface area contributed by atoms with Gasteiger partial charge in [0.05, 0.1) is 12.7 Å². The Morgan fingerprint density at radius 1 is 0.971 bits per heavy atom. The highest BCUT2D eigenvalue weighted by Crippen LogP contribution is 2.30. The molecule has 4 rings (SSSR count). The number of morpholine rings is 1. The molecule has 1 amide bonds. The molecule has 9 nitrogen and oxygen atoms in total. The minimum atomic E-state index is -0.833. The van der Waals surface area contributed by atoms with Gasteiger partial charge in [-0.2, -0.15) is 0 Å². The van der Waals surface area contributed by atoms with Crippen LogP contribution in [0.25, 0.3) is 0 Å². The second-order valence-electron chi connectivity index (χ2n) is 8.21. The number of carboxylic acid groups (broad SMARTS) is 2. The number of nitrogens with two attached hydrogens (primary N) is 1. The summed E-state index contributed by atoms with van der Waals surface area (Å²) in [5.74, 6) is -1.78. The van der Waals surface area contributed by atoms with Gasteiger partial charge in [0.25, 0.3) is 11.9 Å². The van der Waals surface area contributed by atoms with Crippen molar-refractivity contribution >= 4 is 17.8 Å². The predicted octanol–water partition coefficient (Wildman–Crippen LogP) is 2.20. The molecule has 34 heavy (non-hydrogen) atoms. The second-order valence-corrected chi connectivity index (χ2v) is 8.21. The molecule has 2 saturated heterocycles. The number of rotatable bonds is 4. The Bertz CT molecular complexity index is 905. The number of fused-ring (bicyclic) bond motifs is 1. The molecular formula is C25H33N3O6. The van der Waals surface area contributed by atoms with Gasteiger partial charge in [0.1, 0.15) is 6.04 Å². The fraction of sp³-hybridized carbons (Fsp3) is 0.400. The first-order chi connectivity index (χ1) is 16.2. The van der Waals surface area contributed by atoms with Gasteiger partial charge in [-0.05, 0) is 17.5 Å². The third kappa shape index (κ3) is 8.93. The number of carboxylic acids is 2. The van der Waals surface area contributed by atoms with Crippen LogP contribution in [0.5, 0.6) is 0 Å². The van der Waals surface area contributed by atoms with Gasteiger partial charge >= 0.3 is 0 Å². The number of benzene rings is 2. The van der Waals surface area contributed by atoms with Gasteiger partial charge in [-0.15, -0.1) is 0 Å².